The van der Waals surface area contributed by atoms with Crippen molar-refractivity contribution in [1.29, 1.82) is 0 Å². The molecular formula is C22H28N10O3. The van der Waals surface area contributed by atoms with Crippen LogP contribution in [0.15, 0.2) is 29.5 Å². The third-order valence-corrected chi connectivity index (χ3v) is 5.87. The van der Waals surface area contributed by atoms with E-state index in [4.69, 9.17) is 15.4 Å². The molecule has 35 heavy (non-hydrogen) atoms. The number of piperazine rings is 1. The van der Waals surface area contributed by atoms with Crippen molar-refractivity contribution in [2.75, 3.05) is 50.1 Å². The predicted octanol–water partition coefficient (Wildman–Crippen LogP) is 3.84. The number of nitrogens with zero attached hydrogens (tertiary/aromatic N) is 9. The Bertz CT molecular complexity index is 1250. The highest BCUT2D eigenvalue weighted by Gasteiger charge is 2.21. The van der Waals surface area contributed by atoms with E-state index in [-0.39, 0.29) is 5.95 Å². The molecule has 184 valence electrons. The fourth-order valence-corrected chi connectivity index (χ4v) is 4.01. The SMILES string of the molecule is CCCCNc1nc(N=[N+]=[N-])nc2cn(Cc3ccc(N4CCN(C(=O)O)CC4)cc3OC)nc12. The summed E-state index contributed by atoms with van der Waals surface area (Å²) in [6.07, 6.45) is 2.91. The van der Waals surface area contributed by atoms with E-state index in [0.29, 0.717) is 55.3 Å². The molecule has 1 aliphatic heterocycles. The van der Waals surface area contributed by atoms with Gasteiger partial charge >= 0.3 is 6.09 Å². The zero-order valence-electron chi connectivity index (χ0n) is 19.8. The van der Waals surface area contributed by atoms with Gasteiger partial charge < -0.3 is 25.0 Å². The second-order valence-corrected chi connectivity index (χ2v) is 8.16. The van der Waals surface area contributed by atoms with Crippen LogP contribution in [0, 0.1) is 0 Å². The van der Waals surface area contributed by atoms with Crippen molar-refractivity contribution in [3.63, 3.8) is 0 Å². The van der Waals surface area contributed by atoms with E-state index in [1.54, 1.807) is 18.0 Å². The number of methoxy groups -OCH3 is 1. The molecule has 13 heteroatoms. The predicted molar refractivity (Wildman–Crippen MR) is 131 cm³/mol. The number of nitrogens with one attached hydrogen (secondary N) is 1. The molecule has 1 fully saturated rings. The Hall–Kier alpha value is -4.25. The van der Waals surface area contributed by atoms with Crippen LogP contribution in [0.3, 0.4) is 0 Å². The van der Waals surface area contributed by atoms with Crippen molar-refractivity contribution in [2.45, 2.75) is 26.3 Å². The normalized spacial score (nSPS) is 13.5. The first-order valence-corrected chi connectivity index (χ1v) is 11.5. The molecule has 1 aliphatic rings. The molecule has 0 aliphatic carbocycles. The van der Waals surface area contributed by atoms with Crippen LogP contribution in [0.25, 0.3) is 21.5 Å². The summed E-state index contributed by atoms with van der Waals surface area (Å²) in [7, 11) is 1.62. The zero-order valence-corrected chi connectivity index (χ0v) is 19.8. The zero-order chi connectivity index (χ0) is 24.8. The van der Waals surface area contributed by atoms with Gasteiger partial charge in [-0.05, 0) is 23.1 Å². The van der Waals surface area contributed by atoms with Gasteiger partial charge in [-0.15, -0.1) is 0 Å². The number of carbonyl (C=O) groups is 1. The lowest BCUT2D eigenvalue weighted by Crippen LogP contribution is -2.48. The first-order valence-electron chi connectivity index (χ1n) is 11.5. The van der Waals surface area contributed by atoms with E-state index >= 15 is 0 Å². The van der Waals surface area contributed by atoms with Gasteiger partial charge in [0.05, 0.1) is 19.9 Å². The van der Waals surface area contributed by atoms with Crippen molar-refractivity contribution in [2.24, 2.45) is 5.11 Å². The van der Waals surface area contributed by atoms with Crippen molar-refractivity contribution in [3.8, 4) is 5.75 Å². The van der Waals surface area contributed by atoms with Gasteiger partial charge in [-0.25, -0.2) is 14.8 Å². The number of hydrogen-bond donors (Lipinski definition) is 2. The summed E-state index contributed by atoms with van der Waals surface area (Å²) in [6.45, 7) is 5.45. The van der Waals surface area contributed by atoms with Gasteiger partial charge in [-0.3, -0.25) is 4.68 Å². The Labute approximate surface area is 201 Å². The molecule has 2 aromatic heterocycles. The molecule has 0 radical (unpaired) electrons. The number of hydrogen-bond acceptors (Lipinski definition) is 8. The lowest BCUT2D eigenvalue weighted by atomic mass is 10.1. The molecule has 1 aromatic carbocycles. The molecule has 4 rings (SSSR count). The van der Waals surface area contributed by atoms with Crippen LogP contribution >= 0.6 is 0 Å². The molecular weight excluding hydrogens is 452 g/mol. The largest absolute Gasteiger partial charge is 0.496 e. The number of rotatable bonds is 9. The maximum Gasteiger partial charge on any atom is 0.407 e. The Morgan fingerprint density at radius 1 is 1.29 bits per heavy atom. The third-order valence-electron chi connectivity index (χ3n) is 5.87. The summed E-state index contributed by atoms with van der Waals surface area (Å²) in [5.74, 6) is 1.29. The number of ether oxygens (including phenoxy) is 1. The summed E-state index contributed by atoms with van der Waals surface area (Å²) >= 11 is 0. The molecule has 3 heterocycles. The van der Waals surface area contributed by atoms with Crippen LogP contribution in [0.5, 0.6) is 5.75 Å². The number of carboxylic acid groups (broad SMARTS) is 1. The van der Waals surface area contributed by atoms with E-state index in [0.717, 1.165) is 30.6 Å². The molecule has 13 nitrogen and oxygen atoms in total. The van der Waals surface area contributed by atoms with Gasteiger partial charge in [0, 0.05) is 55.0 Å². The van der Waals surface area contributed by atoms with Gasteiger partial charge in [0.15, 0.2) is 11.3 Å². The lowest BCUT2D eigenvalue weighted by Gasteiger charge is -2.34. The average molecular weight is 481 g/mol. The number of aromatic nitrogens is 4. The van der Waals surface area contributed by atoms with Crippen molar-refractivity contribution in [3.05, 3.63) is 40.4 Å². The molecule has 1 amide bonds. The summed E-state index contributed by atoms with van der Waals surface area (Å²) in [6, 6.07) is 5.96. The van der Waals surface area contributed by atoms with Gasteiger partial charge in [-0.1, -0.05) is 19.4 Å². The first kappa shape index (κ1) is 23.9. The number of anilines is 2. The van der Waals surface area contributed by atoms with Gasteiger partial charge in [0.25, 0.3) is 0 Å². The van der Waals surface area contributed by atoms with E-state index < -0.39 is 6.09 Å². The molecule has 0 atom stereocenters. The molecule has 1 saturated heterocycles. The quantitative estimate of drug-likeness (QED) is 0.202. The number of fused-ring (bicyclic) bond motifs is 1. The molecule has 3 aromatic rings. The minimum Gasteiger partial charge on any atom is -0.496 e. The molecule has 0 bridgehead atoms. The Kier molecular flexibility index (Phi) is 7.36. The second-order valence-electron chi connectivity index (χ2n) is 8.16. The van der Waals surface area contributed by atoms with Crippen LogP contribution in [0.1, 0.15) is 25.3 Å². The highest BCUT2D eigenvalue weighted by Crippen LogP contribution is 2.28. The van der Waals surface area contributed by atoms with Crippen LogP contribution in [-0.2, 0) is 6.54 Å². The molecule has 0 spiro atoms. The molecule has 0 saturated carbocycles. The molecule has 0 unspecified atom stereocenters. The van der Waals surface area contributed by atoms with E-state index in [1.165, 1.54) is 4.90 Å². The highest BCUT2D eigenvalue weighted by atomic mass is 16.5. The lowest BCUT2D eigenvalue weighted by molar-refractivity contribution is 0.142. The second kappa shape index (κ2) is 10.8. The van der Waals surface area contributed by atoms with Crippen LogP contribution in [0.4, 0.5) is 22.2 Å². The standard InChI is InChI=1S/C22H28N10O3/c1-3-4-7-24-20-19-17(25-21(26-20)27-29-23)14-32(28-19)13-15-5-6-16(12-18(15)35-2)30-8-10-31(11-9-30)22(33)34/h5-6,12,14H,3-4,7-11,13H2,1-2H3,(H,33,34)(H,24,25,26). The summed E-state index contributed by atoms with van der Waals surface area (Å²) in [5.41, 5.74) is 11.9. The summed E-state index contributed by atoms with van der Waals surface area (Å²) < 4.78 is 7.41. The van der Waals surface area contributed by atoms with Gasteiger partial charge in [-0.2, -0.15) is 5.10 Å². The van der Waals surface area contributed by atoms with E-state index in [9.17, 15) is 4.79 Å². The Morgan fingerprint density at radius 2 is 2.09 bits per heavy atom. The third kappa shape index (κ3) is 5.46. The van der Waals surface area contributed by atoms with Crippen LogP contribution in [0.2, 0.25) is 0 Å². The minimum atomic E-state index is -0.885. The number of azide groups is 1. The van der Waals surface area contributed by atoms with E-state index in [1.807, 2.05) is 18.2 Å². The number of unbranched alkanes of at least 4 members (excludes halogenated alkanes) is 1. The Morgan fingerprint density at radius 3 is 2.77 bits per heavy atom. The van der Waals surface area contributed by atoms with Gasteiger partial charge in [0.2, 0.25) is 5.95 Å². The number of amides is 1. The maximum absolute atomic E-state index is 11.2. The summed E-state index contributed by atoms with van der Waals surface area (Å²) in [5, 5.41) is 20.6. The summed E-state index contributed by atoms with van der Waals surface area (Å²) in [4.78, 5) is 26.2. The number of benzene rings is 1. The molecule has 2 N–H and O–H groups in total. The average Bonchev–Trinajstić information content (AvgIpc) is 3.27. The fraction of sp³-hybridized carbons (Fsp3) is 0.455. The van der Waals surface area contributed by atoms with Crippen molar-refractivity contribution >= 4 is 34.6 Å². The highest BCUT2D eigenvalue weighted by molar-refractivity contribution is 5.85. The monoisotopic (exact) mass is 480 g/mol. The van der Waals surface area contributed by atoms with E-state index in [2.05, 4.69) is 42.2 Å². The van der Waals surface area contributed by atoms with Gasteiger partial charge in [0.1, 0.15) is 11.3 Å². The van der Waals surface area contributed by atoms with Crippen LogP contribution < -0.4 is 15.0 Å². The first-order chi connectivity index (χ1) is 17.0. The topological polar surface area (TPSA) is 157 Å². The van der Waals surface area contributed by atoms with Crippen molar-refractivity contribution < 1.29 is 14.6 Å². The maximum atomic E-state index is 11.2. The minimum absolute atomic E-state index is 0.0449. The Balaban J connectivity index is 1.56. The fourth-order valence-electron chi connectivity index (χ4n) is 4.01. The van der Waals surface area contributed by atoms with Crippen LogP contribution in [-0.4, -0.2) is 75.7 Å². The smallest absolute Gasteiger partial charge is 0.407 e. The van der Waals surface area contributed by atoms with Crippen molar-refractivity contribution in [1.82, 2.24) is 24.6 Å².